The number of anilines is 2. The second-order valence-corrected chi connectivity index (χ2v) is 5.44. The summed E-state index contributed by atoms with van der Waals surface area (Å²) in [6.45, 7) is 6.03. The average Bonchev–Trinajstić information content (AvgIpc) is 2.33. The van der Waals surface area contributed by atoms with Gasteiger partial charge in [0.25, 0.3) is 0 Å². The van der Waals surface area contributed by atoms with Crippen molar-refractivity contribution in [2.75, 3.05) is 5.32 Å². The zero-order valence-corrected chi connectivity index (χ0v) is 12.5. The molecule has 0 aliphatic carbocycles. The van der Waals surface area contributed by atoms with Crippen LogP contribution in [0.1, 0.15) is 31.2 Å². The Morgan fingerprint density at radius 1 is 1.16 bits per heavy atom. The van der Waals surface area contributed by atoms with E-state index >= 15 is 0 Å². The van der Waals surface area contributed by atoms with Gasteiger partial charge in [0.2, 0.25) is 0 Å². The standard InChI is InChI=1S/C14H15Cl2N3/c1-8(2)14-17-11(16)7-12(19-14)18-13-9(3)5-4-6-10(13)15/h4-8H,1-3H3,(H,17,18,19). The molecular weight excluding hydrogens is 281 g/mol. The minimum absolute atomic E-state index is 0.214. The third kappa shape index (κ3) is 3.37. The summed E-state index contributed by atoms with van der Waals surface area (Å²) in [6, 6.07) is 7.43. The molecule has 2 aromatic rings. The lowest BCUT2D eigenvalue weighted by molar-refractivity contribution is 0.776. The zero-order chi connectivity index (χ0) is 14.0. The molecule has 0 saturated carbocycles. The average molecular weight is 296 g/mol. The number of para-hydroxylation sites is 1. The molecule has 0 amide bonds. The Kier molecular flexibility index (Phi) is 4.27. The Labute approximate surface area is 123 Å². The Bertz CT molecular complexity index is 577. The van der Waals surface area contributed by atoms with E-state index in [4.69, 9.17) is 23.2 Å². The van der Waals surface area contributed by atoms with Crippen LogP contribution in [-0.2, 0) is 0 Å². The van der Waals surface area contributed by atoms with Gasteiger partial charge in [-0.05, 0) is 18.6 Å². The quantitative estimate of drug-likeness (QED) is 0.813. The van der Waals surface area contributed by atoms with E-state index in [1.54, 1.807) is 6.07 Å². The Hall–Kier alpha value is -1.32. The molecule has 0 atom stereocenters. The summed E-state index contributed by atoms with van der Waals surface area (Å²) in [5.41, 5.74) is 1.89. The minimum atomic E-state index is 0.214. The molecule has 3 nitrogen and oxygen atoms in total. The molecular formula is C14H15Cl2N3. The van der Waals surface area contributed by atoms with E-state index in [1.807, 2.05) is 39.0 Å². The molecule has 0 aliphatic heterocycles. The normalized spacial score (nSPS) is 10.8. The fraction of sp³-hybridized carbons (Fsp3) is 0.286. The highest BCUT2D eigenvalue weighted by Crippen LogP contribution is 2.29. The van der Waals surface area contributed by atoms with Gasteiger partial charge < -0.3 is 5.32 Å². The first-order valence-electron chi connectivity index (χ1n) is 6.04. The SMILES string of the molecule is Cc1cccc(Cl)c1Nc1cc(Cl)nc(C(C)C)n1. The van der Waals surface area contributed by atoms with Crippen molar-refractivity contribution in [3.8, 4) is 0 Å². The van der Waals surface area contributed by atoms with Crippen molar-refractivity contribution in [3.63, 3.8) is 0 Å². The summed E-state index contributed by atoms with van der Waals surface area (Å²) in [5.74, 6) is 1.58. The van der Waals surface area contributed by atoms with Crippen LogP contribution in [-0.4, -0.2) is 9.97 Å². The summed E-state index contributed by atoms with van der Waals surface area (Å²) >= 11 is 12.2. The highest BCUT2D eigenvalue weighted by molar-refractivity contribution is 6.33. The molecule has 1 aromatic carbocycles. The van der Waals surface area contributed by atoms with Gasteiger partial charge in [-0.15, -0.1) is 0 Å². The van der Waals surface area contributed by atoms with Gasteiger partial charge in [0.1, 0.15) is 16.8 Å². The molecule has 0 radical (unpaired) electrons. The smallest absolute Gasteiger partial charge is 0.135 e. The summed E-state index contributed by atoms with van der Waals surface area (Å²) < 4.78 is 0. The van der Waals surface area contributed by atoms with Crippen LogP contribution in [0.25, 0.3) is 0 Å². The van der Waals surface area contributed by atoms with Gasteiger partial charge in [-0.25, -0.2) is 9.97 Å². The monoisotopic (exact) mass is 295 g/mol. The number of nitrogens with one attached hydrogen (secondary N) is 1. The maximum absolute atomic E-state index is 6.18. The van der Waals surface area contributed by atoms with Crippen molar-refractivity contribution < 1.29 is 0 Å². The van der Waals surface area contributed by atoms with Crippen LogP contribution in [0.15, 0.2) is 24.3 Å². The summed E-state index contributed by atoms with van der Waals surface area (Å²) in [7, 11) is 0. The van der Waals surface area contributed by atoms with E-state index in [1.165, 1.54) is 0 Å². The number of rotatable bonds is 3. The van der Waals surface area contributed by atoms with Gasteiger partial charge in [0.15, 0.2) is 0 Å². The van der Waals surface area contributed by atoms with Crippen LogP contribution >= 0.6 is 23.2 Å². The van der Waals surface area contributed by atoms with Crippen LogP contribution in [0.5, 0.6) is 0 Å². The van der Waals surface area contributed by atoms with Gasteiger partial charge in [-0.2, -0.15) is 0 Å². The largest absolute Gasteiger partial charge is 0.339 e. The molecule has 100 valence electrons. The summed E-state index contributed by atoms with van der Waals surface area (Å²) in [5, 5.41) is 4.28. The molecule has 1 N–H and O–H groups in total. The predicted octanol–water partition coefficient (Wildman–Crippen LogP) is 4.96. The molecule has 1 heterocycles. The first-order valence-corrected chi connectivity index (χ1v) is 6.79. The third-order valence-corrected chi connectivity index (χ3v) is 3.21. The first kappa shape index (κ1) is 14.1. The van der Waals surface area contributed by atoms with Crippen molar-refractivity contribution in [3.05, 3.63) is 45.8 Å². The van der Waals surface area contributed by atoms with E-state index < -0.39 is 0 Å². The summed E-state index contributed by atoms with van der Waals surface area (Å²) in [6.07, 6.45) is 0. The van der Waals surface area contributed by atoms with Gasteiger partial charge in [0, 0.05) is 12.0 Å². The molecule has 0 bridgehead atoms. The Morgan fingerprint density at radius 3 is 2.53 bits per heavy atom. The predicted molar refractivity (Wildman–Crippen MR) is 80.6 cm³/mol. The molecule has 0 saturated heterocycles. The van der Waals surface area contributed by atoms with Crippen LogP contribution < -0.4 is 5.32 Å². The van der Waals surface area contributed by atoms with Crippen LogP contribution in [0.2, 0.25) is 10.2 Å². The van der Waals surface area contributed by atoms with Crippen molar-refractivity contribution in [2.24, 2.45) is 0 Å². The Balaban J connectivity index is 2.38. The molecule has 0 fully saturated rings. The molecule has 1 aromatic heterocycles. The number of hydrogen-bond acceptors (Lipinski definition) is 3. The first-order chi connectivity index (χ1) is 8.97. The lowest BCUT2D eigenvalue weighted by Gasteiger charge is -2.12. The minimum Gasteiger partial charge on any atom is -0.339 e. The van der Waals surface area contributed by atoms with E-state index in [0.29, 0.717) is 21.8 Å². The third-order valence-electron chi connectivity index (χ3n) is 2.70. The number of halogens is 2. The number of hydrogen-bond donors (Lipinski definition) is 1. The molecule has 0 spiro atoms. The second kappa shape index (κ2) is 5.76. The van der Waals surface area contributed by atoms with E-state index in [-0.39, 0.29) is 5.92 Å². The van der Waals surface area contributed by atoms with Crippen molar-refractivity contribution in [2.45, 2.75) is 26.7 Å². The molecule has 0 aliphatic rings. The zero-order valence-electron chi connectivity index (χ0n) is 11.0. The number of nitrogens with zero attached hydrogens (tertiary/aromatic N) is 2. The lowest BCUT2D eigenvalue weighted by atomic mass is 10.2. The van der Waals surface area contributed by atoms with Crippen molar-refractivity contribution >= 4 is 34.7 Å². The highest BCUT2D eigenvalue weighted by atomic mass is 35.5. The van der Waals surface area contributed by atoms with Crippen molar-refractivity contribution in [1.29, 1.82) is 0 Å². The van der Waals surface area contributed by atoms with Crippen LogP contribution in [0, 0.1) is 6.92 Å². The lowest BCUT2D eigenvalue weighted by Crippen LogP contribution is -2.03. The number of benzene rings is 1. The fourth-order valence-electron chi connectivity index (χ4n) is 1.68. The molecule has 19 heavy (non-hydrogen) atoms. The topological polar surface area (TPSA) is 37.8 Å². The number of aryl methyl sites for hydroxylation is 1. The highest BCUT2D eigenvalue weighted by Gasteiger charge is 2.09. The van der Waals surface area contributed by atoms with Gasteiger partial charge in [-0.3, -0.25) is 0 Å². The molecule has 0 unspecified atom stereocenters. The maximum atomic E-state index is 6.18. The second-order valence-electron chi connectivity index (χ2n) is 4.65. The molecule has 5 heteroatoms. The molecule has 2 rings (SSSR count). The van der Waals surface area contributed by atoms with Gasteiger partial charge >= 0.3 is 0 Å². The van der Waals surface area contributed by atoms with Crippen LogP contribution in [0.3, 0.4) is 0 Å². The van der Waals surface area contributed by atoms with Gasteiger partial charge in [-0.1, -0.05) is 49.2 Å². The van der Waals surface area contributed by atoms with E-state index in [0.717, 1.165) is 11.3 Å². The van der Waals surface area contributed by atoms with Crippen LogP contribution in [0.4, 0.5) is 11.5 Å². The van der Waals surface area contributed by atoms with E-state index in [2.05, 4.69) is 15.3 Å². The summed E-state index contributed by atoms with van der Waals surface area (Å²) in [4.78, 5) is 8.65. The van der Waals surface area contributed by atoms with E-state index in [9.17, 15) is 0 Å². The maximum Gasteiger partial charge on any atom is 0.135 e. The van der Waals surface area contributed by atoms with Gasteiger partial charge in [0.05, 0.1) is 10.7 Å². The fourth-order valence-corrected chi connectivity index (χ4v) is 2.13. The van der Waals surface area contributed by atoms with Crippen molar-refractivity contribution in [1.82, 2.24) is 9.97 Å². The Morgan fingerprint density at radius 2 is 1.89 bits per heavy atom. The number of aromatic nitrogens is 2.